The van der Waals surface area contributed by atoms with Crippen molar-refractivity contribution in [1.82, 2.24) is 20.0 Å². The van der Waals surface area contributed by atoms with Crippen LogP contribution >= 0.6 is 0 Å². The Kier molecular flexibility index (Phi) is 15.1. The number of rotatable bonds is 12. The van der Waals surface area contributed by atoms with E-state index in [1.54, 1.807) is 11.9 Å². The minimum absolute atomic E-state index is 0.0647. The van der Waals surface area contributed by atoms with Gasteiger partial charge in [0.15, 0.2) is 0 Å². The molecule has 0 aliphatic carbocycles. The molecular formula is C37H62N4O3. The van der Waals surface area contributed by atoms with Crippen LogP contribution in [0.25, 0.3) is 0 Å². The Morgan fingerprint density at radius 3 is 2.14 bits per heavy atom. The zero-order chi connectivity index (χ0) is 33.0. The van der Waals surface area contributed by atoms with Gasteiger partial charge in [-0.05, 0) is 69.5 Å². The summed E-state index contributed by atoms with van der Waals surface area (Å²) in [4.78, 5) is 46.2. The molecule has 2 aliphatic heterocycles. The Hall–Kier alpha value is -2.67. The summed E-state index contributed by atoms with van der Waals surface area (Å²) in [6.07, 6.45) is 7.22. The van der Waals surface area contributed by atoms with Gasteiger partial charge in [0, 0.05) is 43.1 Å². The molecule has 2 heterocycles. The van der Waals surface area contributed by atoms with Gasteiger partial charge in [-0.15, -0.1) is 0 Å². The number of benzene rings is 1. The topological polar surface area (TPSA) is 73.0 Å². The van der Waals surface area contributed by atoms with Crippen molar-refractivity contribution in [3.8, 4) is 0 Å². The number of carbonyl (C=O) groups is 3. The third-order valence-corrected chi connectivity index (χ3v) is 9.11. The standard InChI is InChI=1S/C33H52N4O3.C4H10/c1-8-28(33(5,6)26-15-10-9-11-16-26)31(39)34-22-30(38)35(7)29(24(2)3)21-25(4)32(40)37-20-14-17-27(37)23-36-18-12-13-19-36;1-4(2)3/h9-11,15-16,21,24,27-29H,8,12-14,17-20,22-23H2,1-7H3,(H,34,39);4H,1-3H3/b25-21+;/t27-,28+,29+;/m0./s1. The van der Waals surface area contributed by atoms with Gasteiger partial charge >= 0.3 is 0 Å². The quantitative estimate of drug-likeness (QED) is 0.283. The van der Waals surface area contributed by atoms with Crippen LogP contribution in [0.15, 0.2) is 42.0 Å². The normalized spacial score (nSPS) is 19.0. The summed E-state index contributed by atoms with van der Waals surface area (Å²) in [7, 11) is 1.77. The lowest BCUT2D eigenvalue weighted by Crippen LogP contribution is -2.48. The Balaban J connectivity index is 0.00000159. The van der Waals surface area contributed by atoms with Crippen LogP contribution in [0, 0.1) is 17.8 Å². The van der Waals surface area contributed by atoms with E-state index in [0.29, 0.717) is 12.0 Å². The highest BCUT2D eigenvalue weighted by Gasteiger charge is 2.36. The summed E-state index contributed by atoms with van der Waals surface area (Å²) >= 11 is 0. The number of nitrogens with zero attached hydrogens (tertiary/aromatic N) is 3. The highest BCUT2D eigenvalue weighted by Crippen LogP contribution is 2.34. The minimum Gasteiger partial charge on any atom is -0.347 e. The Morgan fingerprint density at radius 2 is 1.59 bits per heavy atom. The molecule has 44 heavy (non-hydrogen) atoms. The number of carbonyl (C=O) groups excluding carboxylic acids is 3. The van der Waals surface area contributed by atoms with E-state index < -0.39 is 0 Å². The first-order valence-corrected chi connectivity index (χ1v) is 17.0. The van der Waals surface area contributed by atoms with Gasteiger partial charge in [0.1, 0.15) is 0 Å². The lowest BCUT2D eigenvalue weighted by atomic mass is 9.71. The van der Waals surface area contributed by atoms with Crippen molar-refractivity contribution in [2.24, 2.45) is 17.8 Å². The molecule has 0 radical (unpaired) electrons. The lowest BCUT2D eigenvalue weighted by Gasteiger charge is -2.34. The highest BCUT2D eigenvalue weighted by molar-refractivity contribution is 5.93. The van der Waals surface area contributed by atoms with Gasteiger partial charge in [-0.1, -0.05) is 91.8 Å². The zero-order valence-electron chi connectivity index (χ0n) is 29.5. The van der Waals surface area contributed by atoms with Crippen LogP contribution in [0.5, 0.6) is 0 Å². The Morgan fingerprint density at radius 1 is 1.00 bits per heavy atom. The maximum Gasteiger partial charge on any atom is 0.249 e. The summed E-state index contributed by atoms with van der Waals surface area (Å²) in [6.45, 7) is 22.6. The van der Waals surface area contributed by atoms with E-state index in [0.717, 1.165) is 50.5 Å². The van der Waals surface area contributed by atoms with E-state index >= 15 is 0 Å². The fourth-order valence-electron chi connectivity index (χ4n) is 6.53. The van der Waals surface area contributed by atoms with Crippen molar-refractivity contribution in [2.45, 2.75) is 112 Å². The molecule has 0 bridgehead atoms. The van der Waals surface area contributed by atoms with E-state index in [2.05, 4.69) is 70.8 Å². The SMILES string of the molecule is CC(C)C.CC[C@H](C(=O)NCC(=O)N(C)[C@H](/C=C(\C)C(=O)N1CCC[C@H]1CN1CCCC1)C(C)C)C(C)(C)c1ccccc1. The van der Waals surface area contributed by atoms with Gasteiger partial charge in [-0.3, -0.25) is 14.4 Å². The van der Waals surface area contributed by atoms with Crippen LogP contribution in [0.3, 0.4) is 0 Å². The molecule has 1 N–H and O–H groups in total. The zero-order valence-corrected chi connectivity index (χ0v) is 29.5. The number of likely N-dealkylation sites (N-methyl/N-ethyl adjacent to an activating group) is 1. The van der Waals surface area contributed by atoms with Gasteiger partial charge in [0.05, 0.1) is 12.6 Å². The fraction of sp³-hybridized carbons (Fsp3) is 0.703. The van der Waals surface area contributed by atoms with E-state index in [1.807, 2.05) is 43.0 Å². The predicted molar refractivity (Wildman–Crippen MR) is 182 cm³/mol. The first-order chi connectivity index (χ1) is 20.7. The van der Waals surface area contributed by atoms with E-state index in [-0.39, 0.29) is 53.6 Å². The third-order valence-electron chi connectivity index (χ3n) is 9.11. The van der Waals surface area contributed by atoms with Crippen molar-refractivity contribution < 1.29 is 14.4 Å². The van der Waals surface area contributed by atoms with Crippen LogP contribution in [0.2, 0.25) is 0 Å². The van der Waals surface area contributed by atoms with Gasteiger partial charge in [-0.25, -0.2) is 0 Å². The molecular weight excluding hydrogens is 548 g/mol. The maximum atomic E-state index is 13.5. The van der Waals surface area contributed by atoms with E-state index in [1.165, 1.54) is 12.8 Å². The smallest absolute Gasteiger partial charge is 0.249 e. The average Bonchev–Trinajstić information content (AvgIpc) is 3.66. The van der Waals surface area contributed by atoms with Crippen LogP contribution in [-0.4, -0.2) is 84.3 Å². The molecule has 2 aliphatic rings. The van der Waals surface area contributed by atoms with Crippen LogP contribution in [0.1, 0.15) is 100.0 Å². The van der Waals surface area contributed by atoms with Crippen molar-refractivity contribution in [2.75, 3.05) is 39.8 Å². The maximum absolute atomic E-state index is 13.5. The van der Waals surface area contributed by atoms with Gasteiger partial charge < -0.3 is 20.0 Å². The van der Waals surface area contributed by atoms with Crippen LogP contribution in [0.4, 0.5) is 0 Å². The van der Waals surface area contributed by atoms with Crippen molar-refractivity contribution in [1.29, 1.82) is 0 Å². The van der Waals surface area contributed by atoms with E-state index in [4.69, 9.17) is 0 Å². The van der Waals surface area contributed by atoms with Crippen molar-refractivity contribution in [3.63, 3.8) is 0 Å². The molecule has 7 nitrogen and oxygen atoms in total. The molecule has 3 amide bonds. The Labute approximate surface area is 268 Å². The van der Waals surface area contributed by atoms with Gasteiger partial charge in [0.2, 0.25) is 17.7 Å². The summed E-state index contributed by atoms with van der Waals surface area (Å²) in [5.41, 5.74) is 1.43. The summed E-state index contributed by atoms with van der Waals surface area (Å²) in [5.74, 6) is 0.494. The van der Waals surface area contributed by atoms with Crippen LogP contribution in [-0.2, 0) is 19.8 Å². The van der Waals surface area contributed by atoms with Crippen molar-refractivity contribution in [3.05, 3.63) is 47.5 Å². The third kappa shape index (κ3) is 10.7. The van der Waals surface area contributed by atoms with Gasteiger partial charge in [-0.2, -0.15) is 0 Å². The number of likely N-dealkylation sites (tertiary alicyclic amines) is 2. The number of hydrogen-bond donors (Lipinski definition) is 1. The number of amides is 3. The fourth-order valence-corrected chi connectivity index (χ4v) is 6.53. The lowest BCUT2D eigenvalue weighted by molar-refractivity contribution is -0.135. The molecule has 2 fully saturated rings. The summed E-state index contributed by atoms with van der Waals surface area (Å²) in [5, 5.41) is 2.91. The number of hydrogen-bond acceptors (Lipinski definition) is 4. The second kappa shape index (κ2) is 17.7. The first-order valence-electron chi connectivity index (χ1n) is 17.0. The second-order valence-electron chi connectivity index (χ2n) is 14.4. The van der Waals surface area contributed by atoms with Gasteiger partial charge in [0.25, 0.3) is 0 Å². The molecule has 7 heteroatoms. The molecule has 0 aromatic heterocycles. The monoisotopic (exact) mass is 610 g/mol. The molecule has 3 atom stereocenters. The number of nitrogens with one attached hydrogen (secondary N) is 1. The molecule has 0 spiro atoms. The largest absolute Gasteiger partial charge is 0.347 e. The molecule has 1 aromatic carbocycles. The molecule has 3 rings (SSSR count). The first kappa shape index (κ1) is 37.5. The Bertz CT molecular complexity index is 1070. The summed E-state index contributed by atoms with van der Waals surface area (Å²) < 4.78 is 0. The second-order valence-corrected chi connectivity index (χ2v) is 14.4. The molecule has 1 aromatic rings. The predicted octanol–water partition coefficient (Wildman–Crippen LogP) is 6.29. The highest BCUT2D eigenvalue weighted by atomic mass is 16.2. The molecule has 0 unspecified atom stereocenters. The summed E-state index contributed by atoms with van der Waals surface area (Å²) in [6, 6.07) is 10.1. The minimum atomic E-state index is -0.363. The van der Waals surface area contributed by atoms with Crippen molar-refractivity contribution >= 4 is 17.7 Å². The molecule has 0 saturated carbocycles. The average molecular weight is 611 g/mol. The van der Waals surface area contributed by atoms with Crippen LogP contribution < -0.4 is 5.32 Å². The molecule has 248 valence electrons. The molecule has 2 saturated heterocycles. The van der Waals surface area contributed by atoms with E-state index in [9.17, 15) is 14.4 Å².